The summed E-state index contributed by atoms with van der Waals surface area (Å²) in [5.74, 6) is 1.12. The first kappa shape index (κ1) is 16.8. The summed E-state index contributed by atoms with van der Waals surface area (Å²) in [7, 11) is 0. The maximum atomic E-state index is 9.21. The summed E-state index contributed by atoms with van der Waals surface area (Å²) < 4.78 is 0. The lowest BCUT2D eigenvalue weighted by atomic mass is 9.97. The van der Waals surface area contributed by atoms with Crippen LogP contribution < -0.4 is 5.32 Å². The number of benzene rings is 2. The summed E-state index contributed by atoms with van der Waals surface area (Å²) in [4.78, 5) is 1.33. The highest BCUT2D eigenvalue weighted by molar-refractivity contribution is 7.99. The Balaban J connectivity index is 1.82. The second kappa shape index (κ2) is 8.20. The minimum atomic E-state index is 0.230. The third-order valence-corrected chi connectivity index (χ3v) is 5.62. The molecule has 3 rings (SSSR count). The van der Waals surface area contributed by atoms with E-state index in [4.69, 9.17) is 11.6 Å². The third kappa shape index (κ3) is 4.30. The molecule has 0 bridgehead atoms. The van der Waals surface area contributed by atoms with Gasteiger partial charge in [0.25, 0.3) is 0 Å². The molecule has 0 fully saturated rings. The maximum absolute atomic E-state index is 9.21. The van der Waals surface area contributed by atoms with Gasteiger partial charge >= 0.3 is 0 Å². The monoisotopic (exact) mass is 347 g/mol. The van der Waals surface area contributed by atoms with Crippen molar-refractivity contribution in [3.63, 3.8) is 0 Å². The van der Waals surface area contributed by atoms with Crippen LogP contribution in [0.5, 0.6) is 0 Å². The highest BCUT2D eigenvalue weighted by Crippen LogP contribution is 2.39. The molecule has 2 N–H and O–H groups in total. The first-order valence-electron chi connectivity index (χ1n) is 8.12. The van der Waals surface area contributed by atoms with Gasteiger partial charge in [0.1, 0.15) is 0 Å². The molecule has 0 spiro atoms. The van der Waals surface area contributed by atoms with E-state index < -0.39 is 0 Å². The van der Waals surface area contributed by atoms with Gasteiger partial charge in [0.05, 0.1) is 0 Å². The first-order chi connectivity index (χ1) is 11.3. The van der Waals surface area contributed by atoms with Crippen LogP contribution in [0, 0.1) is 0 Å². The van der Waals surface area contributed by atoms with Crippen molar-refractivity contribution in [3.8, 4) is 0 Å². The molecule has 2 unspecified atom stereocenters. The van der Waals surface area contributed by atoms with Crippen LogP contribution in [0.4, 0.5) is 0 Å². The topological polar surface area (TPSA) is 32.3 Å². The van der Waals surface area contributed by atoms with Gasteiger partial charge in [0, 0.05) is 28.6 Å². The molecule has 2 atom stereocenters. The summed E-state index contributed by atoms with van der Waals surface area (Å²) in [6, 6.07) is 17.3. The van der Waals surface area contributed by atoms with Crippen LogP contribution >= 0.6 is 23.4 Å². The number of hydrogen-bond donors (Lipinski definition) is 2. The third-order valence-electron chi connectivity index (χ3n) is 4.27. The summed E-state index contributed by atoms with van der Waals surface area (Å²) in [5.41, 5.74) is 2.58. The number of rotatable bonds is 6. The summed E-state index contributed by atoms with van der Waals surface area (Å²) in [6.45, 7) is 0.230. The van der Waals surface area contributed by atoms with E-state index in [-0.39, 0.29) is 12.6 Å². The maximum Gasteiger partial charge on any atom is 0.0431 e. The van der Waals surface area contributed by atoms with Crippen molar-refractivity contribution in [1.82, 2.24) is 5.32 Å². The SMILES string of the molecule is OCCCC(NC1CCSc2ccc(Cl)cc21)c1ccccc1. The van der Waals surface area contributed by atoms with Crippen LogP contribution in [0.3, 0.4) is 0 Å². The number of aliphatic hydroxyl groups excluding tert-OH is 1. The molecule has 2 aromatic carbocycles. The molecule has 0 amide bonds. The van der Waals surface area contributed by atoms with Crippen molar-refractivity contribution in [3.05, 3.63) is 64.7 Å². The quantitative estimate of drug-likeness (QED) is 0.772. The lowest BCUT2D eigenvalue weighted by Crippen LogP contribution is -2.29. The first-order valence-corrected chi connectivity index (χ1v) is 9.48. The molecular weight excluding hydrogens is 326 g/mol. The Morgan fingerprint density at radius 3 is 2.83 bits per heavy atom. The molecule has 4 heteroatoms. The molecule has 122 valence electrons. The Hall–Kier alpha value is -1.00. The van der Waals surface area contributed by atoms with Crippen LogP contribution in [-0.2, 0) is 0 Å². The van der Waals surface area contributed by atoms with Crippen molar-refractivity contribution in [1.29, 1.82) is 0 Å². The van der Waals surface area contributed by atoms with Crippen LogP contribution in [0.25, 0.3) is 0 Å². The minimum absolute atomic E-state index is 0.230. The van der Waals surface area contributed by atoms with Crippen molar-refractivity contribution < 1.29 is 5.11 Å². The van der Waals surface area contributed by atoms with E-state index in [1.807, 2.05) is 23.9 Å². The predicted octanol–water partition coefficient (Wildman–Crippen LogP) is 4.98. The summed E-state index contributed by atoms with van der Waals surface area (Å²) in [6.07, 6.45) is 2.83. The molecule has 0 radical (unpaired) electrons. The van der Waals surface area contributed by atoms with Crippen LogP contribution in [0.1, 0.15) is 42.5 Å². The van der Waals surface area contributed by atoms with Gasteiger partial charge < -0.3 is 10.4 Å². The molecule has 2 nitrogen and oxygen atoms in total. The van der Waals surface area contributed by atoms with Crippen molar-refractivity contribution in [2.24, 2.45) is 0 Å². The zero-order valence-corrected chi connectivity index (χ0v) is 14.6. The average molecular weight is 348 g/mol. The smallest absolute Gasteiger partial charge is 0.0431 e. The number of fused-ring (bicyclic) bond motifs is 1. The second-order valence-electron chi connectivity index (χ2n) is 5.87. The van der Waals surface area contributed by atoms with Crippen molar-refractivity contribution >= 4 is 23.4 Å². The lowest BCUT2D eigenvalue weighted by molar-refractivity contribution is 0.271. The van der Waals surface area contributed by atoms with Gasteiger partial charge in [-0.3, -0.25) is 0 Å². The average Bonchev–Trinajstić information content (AvgIpc) is 2.59. The molecule has 1 heterocycles. The molecule has 1 aliphatic heterocycles. The molecule has 0 aromatic heterocycles. The summed E-state index contributed by atoms with van der Waals surface area (Å²) >= 11 is 8.11. The van der Waals surface area contributed by atoms with E-state index in [0.29, 0.717) is 6.04 Å². The predicted molar refractivity (Wildman–Crippen MR) is 98.2 cm³/mol. The molecule has 0 saturated heterocycles. The zero-order valence-electron chi connectivity index (χ0n) is 13.0. The molecule has 23 heavy (non-hydrogen) atoms. The summed E-state index contributed by atoms with van der Waals surface area (Å²) in [5, 5.41) is 13.8. The molecule has 2 aromatic rings. The zero-order chi connectivity index (χ0) is 16.1. The van der Waals surface area contributed by atoms with Crippen LogP contribution in [0.2, 0.25) is 5.02 Å². The number of halogens is 1. The van der Waals surface area contributed by atoms with Crippen LogP contribution in [-0.4, -0.2) is 17.5 Å². The number of nitrogens with one attached hydrogen (secondary N) is 1. The van der Waals surface area contributed by atoms with Gasteiger partial charge in [-0.25, -0.2) is 0 Å². The fourth-order valence-corrected chi connectivity index (χ4v) is 4.39. The van der Waals surface area contributed by atoms with E-state index in [1.54, 1.807) is 0 Å². The molecule has 0 saturated carbocycles. The van der Waals surface area contributed by atoms with E-state index in [2.05, 4.69) is 41.7 Å². The van der Waals surface area contributed by atoms with E-state index >= 15 is 0 Å². The Bertz CT molecular complexity index is 635. The fraction of sp³-hybridized carbons (Fsp3) is 0.368. The normalized spacial score (nSPS) is 18.4. The van der Waals surface area contributed by atoms with Crippen LogP contribution in [0.15, 0.2) is 53.4 Å². The Morgan fingerprint density at radius 2 is 2.04 bits per heavy atom. The number of thioether (sulfide) groups is 1. The Morgan fingerprint density at radius 1 is 1.22 bits per heavy atom. The molecular formula is C19H22ClNOS. The van der Waals surface area contributed by atoms with Gasteiger partial charge in [0.2, 0.25) is 0 Å². The lowest BCUT2D eigenvalue weighted by Gasteiger charge is -2.31. The van der Waals surface area contributed by atoms with Gasteiger partial charge in [-0.05, 0) is 54.3 Å². The number of hydrogen-bond acceptors (Lipinski definition) is 3. The van der Waals surface area contributed by atoms with Gasteiger partial charge in [-0.2, -0.15) is 0 Å². The van der Waals surface area contributed by atoms with Crippen molar-refractivity contribution in [2.75, 3.05) is 12.4 Å². The van der Waals surface area contributed by atoms with Gasteiger partial charge in [-0.15, -0.1) is 11.8 Å². The van der Waals surface area contributed by atoms with Crippen molar-refractivity contribution in [2.45, 2.75) is 36.2 Å². The fourth-order valence-electron chi connectivity index (χ4n) is 3.11. The Kier molecular flexibility index (Phi) is 6.01. The standard InChI is InChI=1S/C19H22ClNOS/c20-15-8-9-19-16(13-15)18(10-12-23-19)21-17(7-4-11-22)14-5-2-1-3-6-14/h1-3,5-6,8-9,13,17-18,21-22H,4,7,10-12H2. The highest BCUT2D eigenvalue weighted by Gasteiger charge is 2.24. The minimum Gasteiger partial charge on any atom is -0.396 e. The number of aliphatic hydroxyl groups is 1. The largest absolute Gasteiger partial charge is 0.396 e. The Labute approximate surface area is 147 Å². The van der Waals surface area contributed by atoms with Gasteiger partial charge in [-0.1, -0.05) is 41.9 Å². The molecule has 1 aliphatic rings. The van der Waals surface area contributed by atoms with E-state index in [0.717, 1.165) is 30.0 Å². The second-order valence-corrected chi connectivity index (χ2v) is 7.44. The van der Waals surface area contributed by atoms with E-state index in [9.17, 15) is 5.11 Å². The highest BCUT2D eigenvalue weighted by atomic mass is 35.5. The van der Waals surface area contributed by atoms with Gasteiger partial charge in [0.15, 0.2) is 0 Å². The van der Waals surface area contributed by atoms with E-state index in [1.165, 1.54) is 16.0 Å². The molecule has 0 aliphatic carbocycles.